The number of hydrogen-bond acceptors (Lipinski definition) is 7. The second-order valence-electron chi connectivity index (χ2n) is 8.30. The Morgan fingerprint density at radius 3 is 2.33 bits per heavy atom. The van der Waals surface area contributed by atoms with E-state index in [2.05, 4.69) is 17.2 Å². The van der Waals surface area contributed by atoms with Crippen LogP contribution >= 0.6 is 0 Å². The van der Waals surface area contributed by atoms with E-state index in [0.717, 1.165) is 5.56 Å². The van der Waals surface area contributed by atoms with Crippen molar-refractivity contribution in [3.8, 4) is 17.6 Å². The van der Waals surface area contributed by atoms with Crippen LogP contribution in [0.2, 0.25) is 0 Å². The minimum absolute atomic E-state index is 0.0392. The van der Waals surface area contributed by atoms with Crippen LogP contribution in [0.4, 0.5) is 0 Å². The molecule has 2 aromatic carbocycles. The molecule has 0 unspecified atom stereocenters. The molecule has 1 aliphatic rings. The molecule has 0 spiro atoms. The predicted molar refractivity (Wildman–Crippen MR) is 135 cm³/mol. The number of ether oxygens (including phenoxy) is 1. The fourth-order valence-electron chi connectivity index (χ4n) is 4.25. The van der Waals surface area contributed by atoms with Crippen molar-refractivity contribution in [2.75, 3.05) is 26.2 Å². The number of nitrogens with zero attached hydrogens (tertiary/aromatic N) is 1. The SMILES string of the molecule is CC#CCOc1ccc(C(=S(=O)=O)C2(C(=O)NO)CCN(C(=O)CNCc3ccccc3)CC2)cc1. The Kier molecular flexibility index (Phi) is 9.64. The lowest BCUT2D eigenvalue weighted by Gasteiger charge is -2.40. The van der Waals surface area contributed by atoms with Gasteiger partial charge in [-0.2, -0.15) is 8.42 Å². The molecule has 0 atom stereocenters. The lowest BCUT2D eigenvalue weighted by Crippen LogP contribution is -2.54. The Bertz CT molecular complexity index is 1250. The molecule has 1 aliphatic heterocycles. The molecule has 10 heteroatoms. The number of rotatable bonds is 9. The normalized spacial score (nSPS) is 14.2. The van der Waals surface area contributed by atoms with Gasteiger partial charge in [0.2, 0.25) is 16.2 Å². The number of amides is 2. The molecule has 2 aromatic rings. The van der Waals surface area contributed by atoms with Crippen LogP contribution in [-0.2, 0) is 26.4 Å². The highest BCUT2D eigenvalue weighted by molar-refractivity contribution is 7.73. The highest BCUT2D eigenvalue weighted by Gasteiger charge is 2.47. The molecule has 0 saturated carbocycles. The molecule has 3 rings (SSSR count). The second kappa shape index (κ2) is 12.9. The molecule has 1 heterocycles. The molecule has 9 nitrogen and oxygen atoms in total. The number of hydrogen-bond donors (Lipinski definition) is 3. The van der Waals surface area contributed by atoms with Crippen molar-refractivity contribution < 1.29 is 28.0 Å². The molecule has 0 bridgehead atoms. The lowest BCUT2D eigenvalue weighted by molar-refractivity contribution is -0.141. The zero-order chi connectivity index (χ0) is 26.0. The van der Waals surface area contributed by atoms with Crippen LogP contribution in [0.3, 0.4) is 0 Å². The van der Waals surface area contributed by atoms with Crippen molar-refractivity contribution in [3.05, 3.63) is 65.7 Å². The maximum atomic E-state index is 12.8. The number of nitrogens with one attached hydrogen (secondary N) is 2. The van der Waals surface area contributed by atoms with Crippen molar-refractivity contribution in [3.63, 3.8) is 0 Å². The van der Waals surface area contributed by atoms with Crippen LogP contribution in [0.25, 0.3) is 0 Å². The molecule has 0 aromatic heterocycles. The van der Waals surface area contributed by atoms with Crippen LogP contribution in [0.5, 0.6) is 5.75 Å². The summed E-state index contributed by atoms with van der Waals surface area (Å²) in [5.41, 5.74) is 1.47. The number of likely N-dealkylation sites (tertiary alicyclic amines) is 1. The third kappa shape index (κ3) is 6.51. The van der Waals surface area contributed by atoms with E-state index >= 15 is 0 Å². The van der Waals surface area contributed by atoms with Gasteiger partial charge in [-0.3, -0.25) is 14.8 Å². The molecule has 1 fully saturated rings. The van der Waals surface area contributed by atoms with Gasteiger partial charge in [-0.15, -0.1) is 5.92 Å². The topological polar surface area (TPSA) is 125 Å². The highest BCUT2D eigenvalue weighted by Crippen LogP contribution is 2.36. The average Bonchev–Trinajstić information content (AvgIpc) is 2.90. The van der Waals surface area contributed by atoms with E-state index in [1.807, 2.05) is 30.3 Å². The molecule has 0 radical (unpaired) electrons. The van der Waals surface area contributed by atoms with Crippen molar-refractivity contribution in [2.45, 2.75) is 26.3 Å². The first kappa shape index (κ1) is 26.9. The van der Waals surface area contributed by atoms with Crippen LogP contribution in [0, 0.1) is 17.3 Å². The Hall–Kier alpha value is -3.65. The minimum Gasteiger partial charge on any atom is -0.481 e. The van der Waals surface area contributed by atoms with E-state index < -0.39 is 21.6 Å². The third-order valence-electron chi connectivity index (χ3n) is 6.16. The molecule has 190 valence electrons. The van der Waals surface area contributed by atoms with Gasteiger partial charge in [-0.1, -0.05) is 36.3 Å². The maximum absolute atomic E-state index is 12.8. The lowest BCUT2D eigenvalue weighted by atomic mass is 9.72. The first-order valence-corrected chi connectivity index (χ1v) is 12.6. The highest BCUT2D eigenvalue weighted by atomic mass is 32.2. The number of carbonyl (C=O) groups excluding carboxylic acids is 2. The minimum atomic E-state index is -2.76. The summed E-state index contributed by atoms with van der Waals surface area (Å²) in [6, 6.07) is 16.0. The number of hydroxylamine groups is 1. The van der Waals surface area contributed by atoms with Crippen molar-refractivity contribution in [1.82, 2.24) is 15.7 Å². The summed E-state index contributed by atoms with van der Waals surface area (Å²) in [6.07, 6.45) is 0.0783. The zero-order valence-electron chi connectivity index (χ0n) is 20.0. The van der Waals surface area contributed by atoms with Crippen molar-refractivity contribution in [2.24, 2.45) is 5.41 Å². The van der Waals surface area contributed by atoms with Crippen LogP contribution in [0.15, 0.2) is 54.6 Å². The summed E-state index contributed by atoms with van der Waals surface area (Å²) in [5, 5.41) is 12.6. The van der Waals surface area contributed by atoms with Crippen LogP contribution in [-0.4, -0.2) is 61.4 Å². The zero-order valence-corrected chi connectivity index (χ0v) is 20.8. The quantitative estimate of drug-likeness (QED) is 0.153. The molecular formula is C26H29N3O6S. The molecule has 0 aliphatic carbocycles. The van der Waals surface area contributed by atoms with Gasteiger partial charge in [-0.05, 0) is 55.2 Å². The Morgan fingerprint density at radius 2 is 1.75 bits per heavy atom. The summed E-state index contributed by atoms with van der Waals surface area (Å²) < 4.78 is 30.2. The van der Waals surface area contributed by atoms with E-state index in [9.17, 15) is 23.2 Å². The van der Waals surface area contributed by atoms with E-state index in [0.29, 0.717) is 17.9 Å². The number of piperidine rings is 1. The van der Waals surface area contributed by atoms with E-state index in [1.54, 1.807) is 41.6 Å². The van der Waals surface area contributed by atoms with Gasteiger partial charge < -0.3 is 15.0 Å². The number of benzene rings is 2. The molecule has 3 N–H and O–H groups in total. The monoisotopic (exact) mass is 511 g/mol. The molecule has 2 amide bonds. The average molecular weight is 512 g/mol. The predicted octanol–water partition coefficient (Wildman–Crippen LogP) is 1.39. The Morgan fingerprint density at radius 1 is 1.08 bits per heavy atom. The van der Waals surface area contributed by atoms with Crippen LogP contribution < -0.4 is 15.5 Å². The maximum Gasteiger partial charge on any atom is 0.255 e. The summed E-state index contributed by atoms with van der Waals surface area (Å²) in [7, 11) is -2.76. The van der Waals surface area contributed by atoms with Gasteiger partial charge >= 0.3 is 0 Å². The van der Waals surface area contributed by atoms with Gasteiger partial charge in [0.05, 0.1) is 16.8 Å². The van der Waals surface area contributed by atoms with Gasteiger partial charge in [0, 0.05) is 19.6 Å². The van der Waals surface area contributed by atoms with E-state index in [-0.39, 0.29) is 49.9 Å². The fourth-order valence-corrected chi connectivity index (χ4v) is 5.19. The summed E-state index contributed by atoms with van der Waals surface area (Å²) in [4.78, 5) is 27.0. The van der Waals surface area contributed by atoms with E-state index in [1.165, 1.54) is 0 Å². The van der Waals surface area contributed by atoms with Crippen molar-refractivity contribution in [1.29, 1.82) is 0 Å². The van der Waals surface area contributed by atoms with Gasteiger partial charge in [0.1, 0.15) is 12.4 Å². The summed E-state index contributed by atoms with van der Waals surface area (Å²) >= 11 is 0. The standard InChI is InChI=1S/C26H29N3O6S/c1-2-3-17-35-22-11-9-21(10-12-22)24(36(33)34)26(25(31)28-32)13-15-29(16-14-26)23(30)19-27-18-20-7-5-4-6-8-20/h4-12,27,32H,13-19H2,1H3,(H,28,31). The summed E-state index contributed by atoms with van der Waals surface area (Å²) in [5.74, 6) is 5.02. The van der Waals surface area contributed by atoms with Crippen molar-refractivity contribution >= 4 is 27.0 Å². The van der Waals surface area contributed by atoms with Gasteiger partial charge in [-0.25, -0.2) is 5.48 Å². The molecular weight excluding hydrogens is 482 g/mol. The smallest absolute Gasteiger partial charge is 0.255 e. The Balaban J connectivity index is 1.73. The first-order valence-electron chi connectivity index (χ1n) is 11.5. The largest absolute Gasteiger partial charge is 0.481 e. The third-order valence-corrected chi connectivity index (χ3v) is 7.12. The van der Waals surface area contributed by atoms with Crippen LogP contribution in [0.1, 0.15) is 30.9 Å². The first-order chi connectivity index (χ1) is 17.4. The van der Waals surface area contributed by atoms with Gasteiger partial charge in [0.25, 0.3) is 5.91 Å². The Labute approximate surface area is 211 Å². The molecule has 1 saturated heterocycles. The fraction of sp³-hybridized carbons (Fsp3) is 0.346. The second-order valence-corrected chi connectivity index (χ2v) is 9.17. The molecule has 36 heavy (non-hydrogen) atoms. The van der Waals surface area contributed by atoms with Gasteiger partial charge in [0.15, 0.2) is 0 Å². The number of carbonyl (C=O) groups is 2. The van der Waals surface area contributed by atoms with E-state index in [4.69, 9.17) is 4.74 Å². The summed E-state index contributed by atoms with van der Waals surface area (Å²) in [6.45, 7) is 2.87.